The van der Waals surface area contributed by atoms with E-state index >= 15 is 0 Å². The highest BCUT2D eigenvalue weighted by molar-refractivity contribution is 6.09. The van der Waals surface area contributed by atoms with E-state index in [1.165, 1.54) is 19.8 Å². The zero-order valence-corrected chi connectivity index (χ0v) is 19.1. The predicted molar refractivity (Wildman–Crippen MR) is 121 cm³/mol. The molecule has 30 heavy (non-hydrogen) atoms. The maximum absolute atomic E-state index is 12.7. The summed E-state index contributed by atoms with van der Waals surface area (Å²) in [6.45, 7) is 5.74. The number of hydrogen-bond donors (Lipinski definition) is 3. The molecule has 0 fully saturated rings. The van der Waals surface area contributed by atoms with Crippen molar-refractivity contribution in [3.63, 3.8) is 0 Å². The third kappa shape index (κ3) is 7.66. The molecule has 3 N–H and O–H groups in total. The Morgan fingerprint density at radius 2 is 0.900 bits per heavy atom. The Bertz CT molecular complexity index is 638. The molecular formula is C25H40O5. The van der Waals surface area contributed by atoms with Crippen molar-refractivity contribution in [2.75, 3.05) is 0 Å². The number of carbonyl (C=O) groups excluding carboxylic acids is 2. The molecule has 0 amide bonds. The van der Waals surface area contributed by atoms with Crippen molar-refractivity contribution in [1.29, 1.82) is 0 Å². The van der Waals surface area contributed by atoms with E-state index in [0.717, 1.165) is 51.4 Å². The summed E-state index contributed by atoms with van der Waals surface area (Å²) in [7, 11) is 0. The standard InChI is InChI=1S/C25H40O5/c1-4-6-8-10-12-14-16-19(26)21-23(28)18(3)24(29)22(25(21)30)20(27)17-15-13-11-9-7-5-2/h28-30H,4-17H2,1-3H3. The quantitative estimate of drug-likeness (QED) is 0.198. The number of benzene rings is 1. The molecule has 5 nitrogen and oxygen atoms in total. The molecule has 1 rings (SSSR count). The normalized spacial score (nSPS) is 11.0. The number of carbonyl (C=O) groups is 2. The summed E-state index contributed by atoms with van der Waals surface area (Å²) in [5.74, 6) is -2.23. The number of unbranched alkanes of at least 4 members (excludes halogenated alkanes) is 10. The number of Topliss-reactive ketones (excluding diaryl/α,β-unsaturated/α-hetero) is 2. The minimum Gasteiger partial charge on any atom is -0.507 e. The van der Waals surface area contributed by atoms with Gasteiger partial charge in [-0.2, -0.15) is 0 Å². The van der Waals surface area contributed by atoms with Crippen LogP contribution in [0.15, 0.2) is 0 Å². The van der Waals surface area contributed by atoms with Crippen molar-refractivity contribution in [3.8, 4) is 17.2 Å². The van der Waals surface area contributed by atoms with Gasteiger partial charge in [0.2, 0.25) is 0 Å². The van der Waals surface area contributed by atoms with Crippen LogP contribution in [-0.2, 0) is 0 Å². The summed E-state index contributed by atoms with van der Waals surface area (Å²) < 4.78 is 0. The van der Waals surface area contributed by atoms with Gasteiger partial charge in [0.25, 0.3) is 0 Å². The molecule has 0 unspecified atom stereocenters. The monoisotopic (exact) mass is 420 g/mol. The molecule has 0 aliphatic heterocycles. The Balaban J connectivity index is 2.83. The van der Waals surface area contributed by atoms with Crippen molar-refractivity contribution in [3.05, 3.63) is 16.7 Å². The molecule has 0 bridgehead atoms. The maximum Gasteiger partial charge on any atom is 0.170 e. The number of rotatable bonds is 16. The topological polar surface area (TPSA) is 94.8 Å². The fraction of sp³-hybridized carbons (Fsp3) is 0.680. The summed E-state index contributed by atoms with van der Waals surface area (Å²) in [6, 6.07) is 0. The van der Waals surface area contributed by atoms with E-state index in [1.54, 1.807) is 0 Å². The van der Waals surface area contributed by atoms with Crippen LogP contribution >= 0.6 is 0 Å². The highest BCUT2D eigenvalue weighted by Crippen LogP contribution is 2.43. The molecule has 1 aromatic carbocycles. The van der Waals surface area contributed by atoms with Gasteiger partial charge in [-0.3, -0.25) is 9.59 Å². The molecule has 0 saturated heterocycles. The Hall–Kier alpha value is -2.04. The lowest BCUT2D eigenvalue weighted by atomic mass is 9.92. The van der Waals surface area contributed by atoms with Crippen molar-refractivity contribution in [2.45, 2.75) is 111 Å². The molecule has 0 aliphatic rings. The fourth-order valence-corrected chi connectivity index (χ4v) is 3.75. The number of aromatic hydroxyl groups is 3. The lowest BCUT2D eigenvalue weighted by Crippen LogP contribution is -2.08. The average Bonchev–Trinajstić information content (AvgIpc) is 2.71. The van der Waals surface area contributed by atoms with Gasteiger partial charge < -0.3 is 15.3 Å². The summed E-state index contributed by atoms with van der Waals surface area (Å²) in [5, 5.41) is 31.3. The first kappa shape index (κ1) is 26.0. The van der Waals surface area contributed by atoms with Gasteiger partial charge in [-0.05, 0) is 19.8 Å². The smallest absolute Gasteiger partial charge is 0.170 e. The molecule has 0 aromatic heterocycles. The summed E-state index contributed by atoms with van der Waals surface area (Å²) >= 11 is 0. The van der Waals surface area contributed by atoms with Crippen molar-refractivity contribution in [2.24, 2.45) is 0 Å². The summed E-state index contributed by atoms with van der Waals surface area (Å²) in [5.41, 5.74) is -0.402. The third-order valence-corrected chi connectivity index (χ3v) is 5.73. The number of phenols is 3. The molecule has 0 saturated carbocycles. The minimum atomic E-state index is -0.581. The first-order chi connectivity index (χ1) is 14.4. The van der Waals surface area contributed by atoms with Gasteiger partial charge in [-0.25, -0.2) is 0 Å². The molecule has 5 heteroatoms. The number of ketones is 2. The second-order valence-electron chi connectivity index (χ2n) is 8.30. The van der Waals surface area contributed by atoms with Crippen LogP contribution in [0.1, 0.15) is 130 Å². The highest BCUT2D eigenvalue weighted by atomic mass is 16.3. The first-order valence-corrected chi connectivity index (χ1v) is 11.7. The third-order valence-electron chi connectivity index (χ3n) is 5.73. The van der Waals surface area contributed by atoms with Crippen LogP contribution in [0.25, 0.3) is 0 Å². The SMILES string of the molecule is CCCCCCCCC(=O)c1c(O)c(C)c(O)c(C(=O)CCCCCCCC)c1O. The maximum atomic E-state index is 12.7. The van der Waals surface area contributed by atoms with Gasteiger partial charge in [0, 0.05) is 18.4 Å². The number of hydrogen-bond acceptors (Lipinski definition) is 5. The summed E-state index contributed by atoms with van der Waals surface area (Å²) in [6.07, 6.45) is 12.6. The largest absolute Gasteiger partial charge is 0.507 e. The van der Waals surface area contributed by atoms with Crippen LogP contribution in [0.2, 0.25) is 0 Å². The van der Waals surface area contributed by atoms with E-state index in [4.69, 9.17) is 0 Å². The first-order valence-electron chi connectivity index (χ1n) is 11.7. The Labute approximate surface area is 181 Å². The molecule has 0 atom stereocenters. The highest BCUT2D eigenvalue weighted by Gasteiger charge is 2.28. The van der Waals surface area contributed by atoms with Crippen LogP contribution in [0.4, 0.5) is 0 Å². The second kappa shape index (κ2) is 14.1. The van der Waals surface area contributed by atoms with Gasteiger partial charge in [0.05, 0.1) is 0 Å². The van der Waals surface area contributed by atoms with E-state index in [-0.39, 0.29) is 29.5 Å². The molecule has 0 heterocycles. The molecule has 0 aliphatic carbocycles. The van der Waals surface area contributed by atoms with Crippen LogP contribution in [0.3, 0.4) is 0 Å². The minimum absolute atomic E-state index is 0.0605. The zero-order valence-electron chi connectivity index (χ0n) is 19.1. The Kier molecular flexibility index (Phi) is 12.2. The van der Waals surface area contributed by atoms with Crippen LogP contribution in [0.5, 0.6) is 17.2 Å². The van der Waals surface area contributed by atoms with Crippen molar-refractivity contribution in [1.82, 2.24) is 0 Å². The van der Waals surface area contributed by atoms with Crippen molar-refractivity contribution < 1.29 is 24.9 Å². The number of phenolic OH excluding ortho intramolecular Hbond substituents is 3. The Morgan fingerprint density at radius 3 is 1.27 bits per heavy atom. The molecule has 1 aromatic rings. The van der Waals surface area contributed by atoms with Gasteiger partial charge in [-0.15, -0.1) is 0 Å². The lowest BCUT2D eigenvalue weighted by Gasteiger charge is -2.15. The molecule has 170 valence electrons. The predicted octanol–water partition coefficient (Wildman–Crippen LogP) is 6.98. The van der Waals surface area contributed by atoms with Crippen LogP contribution in [0, 0.1) is 6.92 Å². The van der Waals surface area contributed by atoms with E-state index in [1.807, 2.05) is 0 Å². The van der Waals surface area contributed by atoms with Crippen LogP contribution in [-0.4, -0.2) is 26.9 Å². The van der Waals surface area contributed by atoms with E-state index in [0.29, 0.717) is 12.8 Å². The average molecular weight is 421 g/mol. The fourth-order valence-electron chi connectivity index (χ4n) is 3.75. The Morgan fingerprint density at radius 1 is 0.567 bits per heavy atom. The van der Waals surface area contributed by atoms with E-state index < -0.39 is 28.8 Å². The van der Waals surface area contributed by atoms with E-state index in [9.17, 15) is 24.9 Å². The zero-order chi connectivity index (χ0) is 22.5. The van der Waals surface area contributed by atoms with Gasteiger partial charge in [0.15, 0.2) is 11.6 Å². The molecule has 0 radical (unpaired) electrons. The van der Waals surface area contributed by atoms with Gasteiger partial charge >= 0.3 is 0 Å². The second-order valence-corrected chi connectivity index (χ2v) is 8.30. The van der Waals surface area contributed by atoms with E-state index in [2.05, 4.69) is 13.8 Å². The lowest BCUT2D eigenvalue weighted by molar-refractivity contribution is 0.0971. The van der Waals surface area contributed by atoms with Crippen LogP contribution < -0.4 is 0 Å². The van der Waals surface area contributed by atoms with Gasteiger partial charge in [0.1, 0.15) is 28.4 Å². The van der Waals surface area contributed by atoms with Crippen molar-refractivity contribution >= 4 is 11.6 Å². The summed E-state index contributed by atoms with van der Waals surface area (Å²) in [4.78, 5) is 25.3. The molecule has 0 spiro atoms. The van der Waals surface area contributed by atoms with Gasteiger partial charge in [-0.1, -0.05) is 78.1 Å². The molecular weight excluding hydrogens is 380 g/mol.